The van der Waals surface area contributed by atoms with Gasteiger partial charge in [-0.3, -0.25) is 4.90 Å². The van der Waals surface area contributed by atoms with Crippen LogP contribution in [-0.4, -0.2) is 44.8 Å². The van der Waals surface area contributed by atoms with E-state index in [1.165, 1.54) is 0 Å². The van der Waals surface area contributed by atoms with Crippen molar-refractivity contribution in [1.29, 1.82) is 0 Å². The third-order valence-electron chi connectivity index (χ3n) is 4.41. The van der Waals surface area contributed by atoms with Crippen LogP contribution in [0.3, 0.4) is 0 Å². The lowest BCUT2D eigenvalue weighted by atomic mass is 10.1. The first-order chi connectivity index (χ1) is 12.6. The molecule has 1 atom stereocenters. The van der Waals surface area contributed by atoms with Crippen molar-refractivity contribution in [3.8, 4) is 17.3 Å². The second-order valence-corrected chi connectivity index (χ2v) is 6.65. The molecule has 1 aromatic carbocycles. The standard InChI is InChI=1S/C19H21N5O2/c1-12-16-9-15(25-19(16)21-13(2)20-12)10-24(3)11-17-22-23-18(26-17)14-7-5-4-6-8-14/h4-8,15H,9-11H2,1-3H3/t15-/m1/s1. The van der Waals surface area contributed by atoms with Crippen LogP contribution in [0, 0.1) is 13.8 Å². The van der Waals surface area contributed by atoms with Gasteiger partial charge in [0.2, 0.25) is 17.7 Å². The first-order valence-electron chi connectivity index (χ1n) is 8.65. The van der Waals surface area contributed by atoms with Gasteiger partial charge in [0.15, 0.2) is 0 Å². The minimum Gasteiger partial charge on any atom is -0.472 e. The number of benzene rings is 1. The van der Waals surface area contributed by atoms with Crippen LogP contribution in [0.5, 0.6) is 5.88 Å². The van der Waals surface area contributed by atoms with Crippen molar-refractivity contribution in [2.75, 3.05) is 13.6 Å². The maximum absolute atomic E-state index is 5.99. The SMILES string of the molecule is Cc1nc(C)c2c(n1)O[C@@H](CN(C)Cc1nnc(-c3ccccc3)o1)C2. The molecule has 3 heterocycles. The predicted molar refractivity (Wildman–Crippen MR) is 95.7 cm³/mol. The first-order valence-corrected chi connectivity index (χ1v) is 8.65. The summed E-state index contributed by atoms with van der Waals surface area (Å²) in [4.78, 5) is 10.9. The van der Waals surface area contributed by atoms with Gasteiger partial charge in [0.05, 0.1) is 6.54 Å². The summed E-state index contributed by atoms with van der Waals surface area (Å²) in [6, 6.07) is 9.77. The number of aromatic nitrogens is 4. The Hall–Kier alpha value is -2.80. The number of hydrogen-bond acceptors (Lipinski definition) is 7. The zero-order valence-electron chi connectivity index (χ0n) is 15.1. The smallest absolute Gasteiger partial charge is 0.247 e. The Kier molecular flexibility index (Phi) is 4.38. The molecular weight excluding hydrogens is 330 g/mol. The van der Waals surface area contributed by atoms with E-state index in [2.05, 4.69) is 25.1 Å². The zero-order valence-corrected chi connectivity index (χ0v) is 15.1. The van der Waals surface area contributed by atoms with E-state index in [9.17, 15) is 0 Å². The minimum absolute atomic E-state index is 0.0568. The number of ether oxygens (including phenoxy) is 1. The van der Waals surface area contributed by atoms with Gasteiger partial charge in [-0.15, -0.1) is 10.2 Å². The second kappa shape index (κ2) is 6.84. The maximum atomic E-state index is 5.99. The molecule has 0 N–H and O–H groups in total. The lowest BCUT2D eigenvalue weighted by Crippen LogP contribution is -2.31. The Morgan fingerprint density at radius 3 is 2.73 bits per heavy atom. The molecule has 0 saturated carbocycles. The van der Waals surface area contributed by atoms with Gasteiger partial charge in [-0.1, -0.05) is 18.2 Å². The fourth-order valence-corrected chi connectivity index (χ4v) is 3.22. The minimum atomic E-state index is 0.0568. The third kappa shape index (κ3) is 3.43. The molecule has 3 aromatic rings. The number of aryl methyl sites for hydroxylation is 2. The van der Waals surface area contributed by atoms with Crippen LogP contribution in [0.25, 0.3) is 11.5 Å². The average Bonchev–Trinajstić information content (AvgIpc) is 3.22. The van der Waals surface area contributed by atoms with Crippen molar-refractivity contribution < 1.29 is 9.15 Å². The largest absolute Gasteiger partial charge is 0.472 e. The normalized spacial score (nSPS) is 15.9. The highest BCUT2D eigenvalue weighted by atomic mass is 16.5. The number of hydrogen-bond donors (Lipinski definition) is 0. The molecule has 1 aliphatic heterocycles. The topological polar surface area (TPSA) is 77.2 Å². The van der Waals surface area contributed by atoms with Gasteiger partial charge in [0, 0.05) is 29.8 Å². The summed E-state index contributed by atoms with van der Waals surface area (Å²) < 4.78 is 11.8. The highest BCUT2D eigenvalue weighted by Gasteiger charge is 2.28. The molecule has 7 nitrogen and oxygen atoms in total. The van der Waals surface area contributed by atoms with Gasteiger partial charge in [-0.05, 0) is 33.0 Å². The highest BCUT2D eigenvalue weighted by Crippen LogP contribution is 2.29. The van der Waals surface area contributed by atoms with Gasteiger partial charge in [-0.25, -0.2) is 4.98 Å². The van der Waals surface area contributed by atoms with Crippen LogP contribution < -0.4 is 4.74 Å². The highest BCUT2D eigenvalue weighted by molar-refractivity contribution is 5.51. The fraction of sp³-hybridized carbons (Fsp3) is 0.368. The summed E-state index contributed by atoms with van der Waals surface area (Å²) in [6.07, 6.45) is 0.881. The molecule has 0 saturated heterocycles. The summed E-state index contributed by atoms with van der Waals surface area (Å²) in [7, 11) is 2.02. The summed E-state index contributed by atoms with van der Waals surface area (Å²) >= 11 is 0. The van der Waals surface area contributed by atoms with E-state index < -0.39 is 0 Å². The molecule has 2 aromatic heterocycles. The maximum Gasteiger partial charge on any atom is 0.247 e. The predicted octanol–water partition coefficient (Wildman–Crippen LogP) is 2.58. The molecule has 0 amide bonds. The van der Waals surface area contributed by atoms with Crippen LogP contribution in [0.15, 0.2) is 34.7 Å². The Morgan fingerprint density at radius 1 is 1.12 bits per heavy atom. The van der Waals surface area contributed by atoms with Crippen molar-refractivity contribution in [1.82, 2.24) is 25.1 Å². The molecule has 134 valence electrons. The molecule has 0 unspecified atom stereocenters. The zero-order chi connectivity index (χ0) is 18.1. The second-order valence-electron chi connectivity index (χ2n) is 6.65. The molecule has 0 aliphatic carbocycles. The Morgan fingerprint density at radius 2 is 1.92 bits per heavy atom. The molecule has 0 spiro atoms. The molecule has 0 fully saturated rings. The summed E-state index contributed by atoms with van der Waals surface area (Å²) in [5.41, 5.74) is 3.04. The molecule has 0 radical (unpaired) electrons. The summed E-state index contributed by atoms with van der Waals surface area (Å²) in [6.45, 7) is 5.21. The van der Waals surface area contributed by atoms with Crippen LogP contribution in [0.2, 0.25) is 0 Å². The average molecular weight is 351 g/mol. The number of nitrogens with zero attached hydrogens (tertiary/aromatic N) is 5. The van der Waals surface area contributed by atoms with E-state index in [0.29, 0.717) is 18.3 Å². The van der Waals surface area contributed by atoms with Crippen molar-refractivity contribution in [3.05, 3.63) is 53.3 Å². The number of fused-ring (bicyclic) bond motifs is 1. The monoisotopic (exact) mass is 351 g/mol. The Balaban J connectivity index is 1.37. The van der Waals surface area contributed by atoms with Gasteiger partial charge in [0.1, 0.15) is 11.9 Å². The molecule has 0 bridgehead atoms. The molecular formula is C19H21N5O2. The number of likely N-dealkylation sites (N-methyl/N-ethyl adjacent to an activating group) is 1. The van der Waals surface area contributed by atoms with E-state index in [1.54, 1.807) is 0 Å². The molecule has 1 aliphatic rings. The summed E-state index contributed by atoms with van der Waals surface area (Å²) in [5.74, 6) is 2.60. The van der Waals surface area contributed by atoms with Crippen LogP contribution in [0.1, 0.15) is 23.0 Å². The van der Waals surface area contributed by atoms with Crippen molar-refractivity contribution in [2.45, 2.75) is 32.9 Å². The summed E-state index contributed by atoms with van der Waals surface area (Å²) in [5, 5.41) is 8.28. The quantitative estimate of drug-likeness (QED) is 0.699. The molecule has 26 heavy (non-hydrogen) atoms. The van der Waals surface area contributed by atoms with Crippen LogP contribution in [-0.2, 0) is 13.0 Å². The van der Waals surface area contributed by atoms with E-state index in [1.807, 2.05) is 51.2 Å². The van der Waals surface area contributed by atoms with Crippen molar-refractivity contribution >= 4 is 0 Å². The first kappa shape index (κ1) is 16.7. The molecule has 7 heteroatoms. The van der Waals surface area contributed by atoms with Crippen LogP contribution in [0.4, 0.5) is 0 Å². The third-order valence-corrected chi connectivity index (χ3v) is 4.41. The van der Waals surface area contributed by atoms with Gasteiger partial charge < -0.3 is 9.15 Å². The Labute approximate surface area is 152 Å². The lowest BCUT2D eigenvalue weighted by molar-refractivity contribution is 0.154. The Bertz CT molecular complexity index is 910. The van der Waals surface area contributed by atoms with Crippen molar-refractivity contribution in [2.24, 2.45) is 0 Å². The van der Waals surface area contributed by atoms with Gasteiger partial charge >= 0.3 is 0 Å². The number of rotatable bonds is 5. The van der Waals surface area contributed by atoms with Gasteiger partial charge in [-0.2, -0.15) is 4.98 Å². The van der Waals surface area contributed by atoms with Gasteiger partial charge in [0.25, 0.3) is 0 Å². The van der Waals surface area contributed by atoms with E-state index in [4.69, 9.17) is 9.15 Å². The van der Waals surface area contributed by atoms with E-state index in [0.717, 1.165) is 41.5 Å². The van der Waals surface area contributed by atoms with Crippen molar-refractivity contribution in [3.63, 3.8) is 0 Å². The van der Waals surface area contributed by atoms with Crippen LogP contribution >= 0.6 is 0 Å². The van der Waals surface area contributed by atoms with E-state index in [-0.39, 0.29) is 6.10 Å². The van der Waals surface area contributed by atoms with E-state index >= 15 is 0 Å². The molecule has 4 rings (SSSR count). The fourth-order valence-electron chi connectivity index (χ4n) is 3.22. The lowest BCUT2D eigenvalue weighted by Gasteiger charge is -2.18.